The van der Waals surface area contributed by atoms with Crippen molar-refractivity contribution in [3.63, 3.8) is 0 Å². The normalized spacial score (nSPS) is 26.7. The first-order valence-electron chi connectivity index (χ1n) is 6.49. The van der Waals surface area contributed by atoms with E-state index in [9.17, 15) is 4.79 Å². The Hall–Kier alpha value is -0.570. The molecule has 0 bridgehead atoms. The summed E-state index contributed by atoms with van der Waals surface area (Å²) in [4.78, 5) is 11.0. The number of rotatable bonds is 5. The Kier molecular flexibility index (Phi) is 4.78. The first-order valence-corrected chi connectivity index (χ1v) is 6.49. The molecule has 3 nitrogen and oxygen atoms in total. The number of nitrogens with two attached hydrogens (primary N) is 1. The number of carbonyl (C=O) groups is 1. The Morgan fingerprint density at radius 1 is 1.44 bits per heavy atom. The van der Waals surface area contributed by atoms with Crippen LogP contribution in [-0.2, 0) is 4.79 Å². The van der Waals surface area contributed by atoms with Crippen LogP contribution in [0.2, 0.25) is 0 Å². The van der Waals surface area contributed by atoms with Crippen LogP contribution in [0.15, 0.2) is 0 Å². The van der Waals surface area contributed by atoms with E-state index in [2.05, 4.69) is 26.1 Å². The van der Waals surface area contributed by atoms with Gasteiger partial charge in [-0.05, 0) is 32.6 Å². The number of carbonyl (C=O) groups excluding carboxylic acids is 1. The minimum atomic E-state index is -0.222. The van der Waals surface area contributed by atoms with Gasteiger partial charge in [0.2, 0.25) is 5.91 Å². The van der Waals surface area contributed by atoms with E-state index in [4.69, 9.17) is 5.73 Å². The van der Waals surface area contributed by atoms with Gasteiger partial charge in [-0.25, -0.2) is 0 Å². The zero-order valence-electron chi connectivity index (χ0n) is 10.9. The van der Waals surface area contributed by atoms with Gasteiger partial charge in [0, 0.05) is 18.0 Å². The highest BCUT2D eigenvalue weighted by Crippen LogP contribution is 2.28. The van der Waals surface area contributed by atoms with Crippen molar-refractivity contribution in [2.24, 2.45) is 11.7 Å². The van der Waals surface area contributed by atoms with Gasteiger partial charge in [-0.15, -0.1) is 0 Å². The highest BCUT2D eigenvalue weighted by atomic mass is 16.1. The van der Waals surface area contributed by atoms with Crippen molar-refractivity contribution < 1.29 is 4.79 Å². The Morgan fingerprint density at radius 2 is 2.12 bits per heavy atom. The van der Waals surface area contributed by atoms with Crippen LogP contribution in [0.3, 0.4) is 0 Å². The van der Waals surface area contributed by atoms with Crippen molar-refractivity contribution in [2.75, 3.05) is 0 Å². The molecule has 94 valence electrons. The summed E-state index contributed by atoms with van der Waals surface area (Å²) in [5.41, 5.74) is 5.10. The first kappa shape index (κ1) is 13.5. The number of amides is 1. The maximum absolute atomic E-state index is 11.0. The van der Waals surface area contributed by atoms with E-state index < -0.39 is 0 Å². The smallest absolute Gasteiger partial charge is 0.219 e. The van der Waals surface area contributed by atoms with Gasteiger partial charge in [0.1, 0.15) is 0 Å². The molecular formula is C13H26N2O. The number of hydrogen-bond donors (Lipinski definition) is 2. The van der Waals surface area contributed by atoms with E-state index in [0.29, 0.717) is 12.5 Å². The van der Waals surface area contributed by atoms with E-state index in [-0.39, 0.29) is 11.4 Å². The fourth-order valence-electron chi connectivity index (χ4n) is 2.83. The van der Waals surface area contributed by atoms with Crippen LogP contribution in [0.5, 0.6) is 0 Å². The topological polar surface area (TPSA) is 55.1 Å². The van der Waals surface area contributed by atoms with Crippen LogP contribution in [0.1, 0.15) is 59.3 Å². The molecule has 1 aliphatic rings. The molecular weight excluding hydrogens is 200 g/mol. The summed E-state index contributed by atoms with van der Waals surface area (Å²) in [5.74, 6) is 0.635. The molecule has 2 atom stereocenters. The minimum absolute atomic E-state index is 0.161. The molecule has 1 saturated carbocycles. The molecule has 0 aromatic carbocycles. The summed E-state index contributed by atoms with van der Waals surface area (Å²) < 4.78 is 0. The van der Waals surface area contributed by atoms with Crippen molar-refractivity contribution in [3.05, 3.63) is 0 Å². The number of primary amides is 1. The third-order valence-electron chi connectivity index (χ3n) is 3.57. The molecule has 0 saturated heterocycles. The Balaban J connectivity index is 2.43. The monoisotopic (exact) mass is 226 g/mol. The van der Waals surface area contributed by atoms with Crippen molar-refractivity contribution in [1.82, 2.24) is 5.32 Å². The summed E-state index contributed by atoms with van der Waals surface area (Å²) in [7, 11) is 0. The van der Waals surface area contributed by atoms with Crippen LogP contribution in [0, 0.1) is 5.92 Å². The fourth-order valence-corrected chi connectivity index (χ4v) is 2.83. The van der Waals surface area contributed by atoms with Crippen LogP contribution in [-0.4, -0.2) is 17.5 Å². The second-order valence-corrected chi connectivity index (χ2v) is 5.81. The standard InChI is InChI=1S/C13H26N2O/c1-4-10-6-5-7-11(8-10)15-13(2,3)9-12(14)16/h10-11,15H,4-9H2,1-3H3,(H2,14,16). The van der Waals surface area contributed by atoms with Crippen molar-refractivity contribution in [2.45, 2.75) is 70.9 Å². The van der Waals surface area contributed by atoms with E-state index in [1.54, 1.807) is 0 Å². The van der Waals surface area contributed by atoms with Gasteiger partial charge in [0.15, 0.2) is 0 Å². The number of hydrogen-bond acceptors (Lipinski definition) is 2. The van der Waals surface area contributed by atoms with Crippen molar-refractivity contribution in [1.29, 1.82) is 0 Å². The molecule has 1 fully saturated rings. The molecule has 0 aromatic heterocycles. The van der Waals surface area contributed by atoms with Crippen LogP contribution in [0.4, 0.5) is 0 Å². The lowest BCUT2D eigenvalue weighted by Gasteiger charge is -2.36. The SMILES string of the molecule is CCC1CCCC(NC(C)(C)CC(N)=O)C1. The lowest BCUT2D eigenvalue weighted by atomic mass is 9.83. The summed E-state index contributed by atoms with van der Waals surface area (Å²) in [6, 6.07) is 0.563. The first-order chi connectivity index (χ1) is 7.43. The average molecular weight is 226 g/mol. The van der Waals surface area contributed by atoms with Crippen molar-refractivity contribution in [3.8, 4) is 0 Å². The van der Waals surface area contributed by atoms with E-state index in [1.807, 2.05) is 0 Å². The summed E-state index contributed by atoms with van der Waals surface area (Å²) >= 11 is 0. The molecule has 0 aromatic rings. The maximum Gasteiger partial charge on any atom is 0.219 e. The maximum atomic E-state index is 11.0. The van der Waals surface area contributed by atoms with E-state index in [0.717, 1.165) is 5.92 Å². The lowest BCUT2D eigenvalue weighted by Crippen LogP contribution is -2.49. The van der Waals surface area contributed by atoms with E-state index >= 15 is 0 Å². The average Bonchev–Trinajstić information content (AvgIpc) is 2.15. The zero-order valence-corrected chi connectivity index (χ0v) is 10.9. The second-order valence-electron chi connectivity index (χ2n) is 5.81. The highest BCUT2D eigenvalue weighted by molar-refractivity contribution is 5.75. The molecule has 0 spiro atoms. The highest BCUT2D eigenvalue weighted by Gasteiger charge is 2.27. The largest absolute Gasteiger partial charge is 0.370 e. The van der Waals surface area contributed by atoms with E-state index in [1.165, 1.54) is 32.1 Å². The predicted octanol–water partition coefficient (Wildman–Crippen LogP) is 2.20. The van der Waals surface area contributed by atoms with Crippen LogP contribution >= 0.6 is 0 Å². The minimum Gasteiger partial charge on any atom is -0.370 e. The Bertz CT molecular complexity index is 238. The molecule has 3 N–H and O–H groups in total. The quantitative estimate of drug-likeness (QED) is 0.755. The third kappa shape index (κ3) is 4.52. The molecule has 1 rings (SSSR count). The third-order valence-corrected chi connectivity index (χ3v) is 3.57. The molecule has 16 heavy (non-hydrogen) atoms. The molecule has 0 heterocycles. The van der Waals surface area contributed by atoms with Crippen LogP contribution < -0.4 is 11.1 Å². The molecule has 1 amide bonds. The van der Waals surface area contributed by atoms with Crippen molar-refractivity contribution >= 4 is 5.91 Å². The predicted molar refractivity (Wildman–Crippen MR) is 67.1 cm³/mol. The summed E-state index contributed by atoms with van der Waals surface area (Å²) in [6.45, 7) is 6.39. The molecule has 0 aliphatic heterocycles. The molecule has 3 heteroatoms. The van der Waals surface area contributed by atoms with Gasteiger partial charge in [-0.1, -0.05) is 26.2 Å². The molecule has 2 unspecified atom stereocenters. The summed E-state index contributed by atoms with van der Waals surface area (Å²) in [5, 5.41) is 3.59. The molecule has 0 radical (unpaired) electrons. The zero-order chi connectivity index (χ0) is 12.2. The van der Waals surface area contributed by atoms with Gasteiger partial charge in [0.25, 0.3) is 0 Å². The van der Waals surface area contributed by atoms with Gasteiger partial charge in [-0.3, -0.25) is 4.79 Å². The number of nitrogens with one attached hydrogen (secondary N) is 1. The van der Waals surface area contributed by atoms with Crippen LogP contribution in [0.25, 0.3) is 0 Å². The summed E-state index contributed by atoms with van der Waals surface area (Å²) in [6.07, 6.45) is 6.85. The Morgan fingerprint density at radius 3 is 2.69 bits per heavy atom. The van der Waals surface area contributed by atoms with Gasteiger partial charge < -0.3 is 11.1 Å². The lowest BCUT2D eigenvalue weighted by molar-refractivity contribution is -0.119. The van der Waals surface area contributed by atoms with Gasteiger partial charge >= 0.3 is 0 Å². The Labute approximate surface area is 99.2 Å². The molecule has 1 aliphatic carbocycles. The van der Waals surface area contributed by atoms with Gasteiger partial charge in [-0.2, -0.15) is 0 Å². The fraction of sp³-hybridized carbons (Fsp3) is 0.923. The second kappa shape index (κ2) is 5.67. The van der Waals surface area contributed by atoms with Gasteiger partial charge in [0.05, 0.1) is 0 Å².